The Hall–Kier alpha value is -1.96. The monoisotopic (exact) mass is 210 g/mol. The Bertz CT molecular complexity index is 475. The summed E-state index contributed by atoms with van der Waals surface area (Å²) in [5, 5.41) is 0. The first kappa shape index (κ1) is 10.6. The highest BCUT2D eigenvalue weighted by Gasteiger charge is 1.89. The molecule has 0 aliphatic heterocycles. The van der Waals surface area contributed by atoms with Crippen LogP contribution in [0.1, 0.15) is 16.7 Å². The predicted molar refractivity (Wildman–Crippen MR) is 66.7 cm³/mol. The number of benzene rings is 1. The summed E-state index contributed by atoms with van der Waals surface area (Å²) >= 11 is 0. The van der Waals surface area contributed by atoms with Crippen LogP contribution in [0.4, 0.5) is 0 Å². The molecule has 80 valence electrons. The van der Waals surface area contributed by atoms with Crippen LogP contribution in [0.5, 0.6) is 0 Å². The molecule has 0 saturated carbocycles. The topological polar surface area (TPSA) is 25.2 Å². The molecule has 1 heterocycles. The van der Waals surface area contributed by atoms with Gasteiger partial charge in [-0.1, -0.05) is 35.9 Å². The van der Waals surface area contributed by atoms with Gasteiger partial charge in [-0.05, 0) is 24.1 Å². The van der Waals surface area contributed by atoms with Crippen LogP contribution in [0, 0.1) is 6.92 Å². The minimum Gasteiger partial charge on any atom is -0.288 e. The van der Waals surface area contributed by atoms with Crippen LogP contribution >= 0.6 is 0 Å². The van der Waals surface area contributed by atoms with Crippen molar-refractivity contribution in [3.8, 4) is 0 Å². The lowest BCUT2D eigenvalue weighted by Gasteiger charge is -1.96. The van der Waals surface area contributed by atoms with E-state index >= 15 is 0 Å². The van der Waals surface area contributed by atoms with E-state index in [1.807, 2.05) is 30.6 Å². The number of aliphatic imine (C=N–C) groups is 1. The molecular weight excluding hydrogens is 196 g/mol. The van der Waals surface area contributed by atoms with Gasteiger partial charge in [-0.15, -0.1) is 0 Å². The van der Waals surface area contributed by atoms with Gasteiger partial charge in [-0.2, -0.15) is 0 Å². The molecule has 0 atom stereocenters. The van der Waals surface area contributed by atoms with E-state index in [9.17, 15) is 0 Å². The summed E-state index contributed by atoms with van der Waals surface area (Å²) in [4.78, 5) is 8.44. The highest BCUT2D eigenvalue weighted by Crippen LogP contribution is 2.02. The summed E-state index contributed by atoms with van der Waals surface area (Å²) in [7, 11) is 0. The molecule has 0 radical (unpaired) electrons. The van der Waals surface area contributed by atoms with Crippen molar-refractivity contribution >= 4 is 6.21 Å². The SMILES string of the molecule is Cc1cccc(C=NCc2cccnc2)c1. The number of rotatable bonds is 3. The second kappa shape index (κ2) is 5.21. The van der Waals surface area contributed by atoms with E-state index in [1.165, 1.54) is 5.56 Å². The van der Waals surface area contributed by atoms with Gasteiger partial charge in [0.2, 0.25) is 0 Å². The van der Waals surface area contributed by atoms with E-state index in [-0.39, 0.29) is 0 Å². The van der Waals surface area contributed by atoms with Gasteiger partial charge in [0.25, 0.3) is 0 Å². The summed E-state index contributed by atoms with van der Waals surface area (Å²) < 4.78 is 0. The molecule has 2 nitrogen and oxygen atoms in total. The second-order valence-electron chi connectivity index (χ2n) is 3.75. The lowest BCUT2D eigenvalue weighted by Crippen LogP contribution is -1.85. The van der Waals surface area contributed by atoms with Crippen LogP contribution in [-0.2, 0) is 6.54 Å². The first-order valence-electron chi connectivity index (χ1n) is 5.30. The van der Waals surface area contributed by atoms with Gasteiger partial charge in [0, 0.05) is 18.6 Å². The summed E-state index contributed by atoms with van der Waals surface area (Å²) in [6.07, 6.45) is 5.52. The zero-order valence-electron chi connectivity index (χ0n) is 9.30. The van der Waals surface area contributed by atoms with Crippen molar-refractivity contribution in [1.82, 2.24) is 4.98 Å². The first-order chi connectivity index (χ1) is 7.84. The Morgan fingerprint density at radius 1 is 1.25 bits per heavy atom. The van der Waals surface area contributed by atoms with Crippen molar-refractivity contribution in [2.45, 2.75) is 13.5 Å². The average molecular weight is 210 g/mol. The van der Waals surface area contributed by atoms with Gasteiger partial charge in [-0.3, -0.25) is 9.98 Å². The van der Waals surface area contributed by atoms with Gasteiger partial charge in [0.15, 0.2) is 0 Å². The fourth-order valence-electron chi connectivity index (χ4n) is 1.50. The third-order valence-electron chi connectivity index (χ3n) is 2.28. The molecule has 0 aliphatic carbocycles. The molecule has 0 spiro atoms. The molecule has 0 amide bonds. The third-order valence-corrected chi connectivity index (χ3v) is 2.28. The molecular formula is C14H14N2. The van der Waals surface area contributed by atoms with Crippen molar-refractivity contribution in [2.75, 3.05) is 0 Å². The minimum atomic E-state index is 0.682. The lowest BCUT2D eigenvalue weighted by molar-refractivity contribution is 1.05. The molecule has 0 saturated heterocycles. The van der Waals surface area contributed by atoms with Gasteiger partial charge in [-0.25, -0.2) is 0 Å². The van der Waals surface area contributed by atoms with Crippen LogP contribution in [0.2, 0.25) is 0 Å². The number of pyridine rings is 1. The standard InChI is InChI=1S/C14H14N2/c1-12-4-2-5-13(8-12)9-16-11-14-6-3-7-15-10-14/h2-10H,11H2,1H3. The van der Waals surface area contributed by atoms with E-state index in [1.54, 1.807) is 6.20 Å². The molecule has 2 aromatic rings. The van der Waals surface area contributed by atoms with Crippen LogP contribution in [-0.4, -0.2) is 11.2 Å². The van der Waals surface area contributed by atoms with Gasteiger partial charge >= 0.3 is 0 Å². The van der Waals surface area contributed by atoms with Crippen molar-refractivity contribution < 1.29 is 0 Å². The van der Waals surface area contributed by atoms with Crippen molar-refractivity contribution in [1.29, 1.82) is 0 Å². The maximum atomic E-state index is 4.39. The van der Waals surface area contributed by atoms with Gasteiger partial charge in [0.1, 0.15) is 0 Å². The largest absolute Gasteiger partial charge is 0.288 e. The van der Waals surface area contributed by atoms with E-state index in [0.717, 1.165) is 11.1 Å². The highest BCUT2D eigenvalue weighted by atomic mass is 14.7. The number of nitrogens with zero attached hydrogens (tertiary/aromatic N) is 2. The van der Waals surface area contributed by atoms with E-state index in [2.05, 4.69) is 35.1 Å². The summed E-state index contributed by atoms with van der Waals surface area (Å²) in [6.45, 7) is 2.76. The molecule has 2 heteroatoms. The molecule has 0 N–H and O–H groups in total. The molecule has 2 rings (SSSR count). The molecule has 0 aliphatic rings. The maximum Gasteiger partial charge on any atom is 0.0654 e. The Morgan fingerprint density at radius 2 is 2.19 bits per heavy atom. The molecule has 0 fully saturated rings. The Balaban J connectivity index is 2.00. The van der Waals surface area contributed by atoms with Crippen LogP contribution in [0.25, 0.3) is 0 Å². The average Bonchev–Trinajstić information content (AvgIpc) is 2.30. The lowest BCUT2D eigenvalue weighted by atomic mass is 10.1. The number of hydrogen-bond acceptors (Lipinski definition) is 2. The van der Waals surface area contributed by atoms with Crippen LogP contribution in [0.3, 0.4) is 0 Å². The normalized spacial score (nSPS) is 10.8. The summed E-state index contributed by atoms with van der Waals surface area (Å²) in [5.74, 6) is 0. The number of hydrogen-bond donors (Lipinski definition) is 0. The molecule has 0 unspecified atom stereocenters. The summed E-state index contributed by atoms with van der Waals surface area (Å²) in [5.41, 5.74) is 3.53. The predicted octanol–water partition coefficient (Wildman–Crippen LogP) is 3.01. The minimum absolute atomic E-state index is 0.682. The highest BCUT2D eigenvalue weighted by molar-refractivity contribution is 5.79. The number of aromatic nitrogens is 1. The van der Waals surface area contributed by atoms with E-state index < -0.39 is 0 Å². The van der Waals surface area contributed by atoms with E-state index in [4.69, 9.17) is 0 Å². The van der Waals surface area contributed by atoms with Gasteiger partial charge in [0.05, 0.1) is 6.54 Å². The third kappa shape index (κ3) is 3.02. The zero-order chi connectivity index (χ0) is 11.2. The van der Waals surface area contributed by atoms with E-state index in [0.29, 0.717) is 6.54 Å². The van der Waals surface area contributed by atoms with Crippen molar-refractivity contribution in [3.63, 3.8) is 0 Å². The molecule has 0 bridgehead atoms. The van der Waals surface area contributed by atoms with Crippen LogP contribution < -0.4 is 0 Å². The Kier molecular flexibility index (Phi) is 3.44. The maximum absolute atomic E-state index is 4.39. The molecule has 1 aromatic heterocycles. The van der Waals surface area contributed by atoms with Gasteiger partial charge < -0.3 is 0 Å². The van der Waals surface area contributed by atoms with Crippen LogP contribution in [0.15, 0.2) is 53.8 Å². The van der Waals surface area contributed by atoms with Crippen molar-refractivity contribution in [3.05, 3.63) is 65.5 Å². The quantitative estimate of drug-likeness (QED) is 0.715. The number of aryl methyl sites for hydroxylation is 1. The molecule has 1 aromatic carbocycles. The molecule has 16 heavy (non-hydrogen) atoms. The van der Waals surface area contributed by atoms with Crippen molar-refractivity contribution in [2.24, 2.45) is 4.99 Å². The fourth-order valence-corrected chi connectivity index (χ4v) is 1.50. The zero-order valence-corrected chi connectivity index (χ0v) is 9.30. The first-order valence-corrected chi connectivity index (χ1v) is 5.30. The Labute approximate surface area is 95.7 Å². The fraction of sp³-hybridized carbons (Fsp3) is 0.143. The summed E-state index contributed by atoms with van der Waals surface area (Å²) in [6, 6.07) is 12.3. The smallest absolute Gasteiger partial charge is 0.0654 e. The second-order valence-corrected chi connectivity index (χ2v) is 3.75. The Morgan fingerprint density at radius 3 is 2.94 bits per heavy atom.